The minimum absolute atomic E-state index is 0.0375. The van der Waals surface area contributed by atoms with Gasteiger partial charge in [0.2, 0.25) is 0 Å². The Hall–Kier alpha value is -2.06. The molecule has 5 nitrogen and oxygen atoms in total. The molecule has 0 aliphatic carbocycles. The van der Waals surface area contributed by atoms with Crippen molar-refractivity contribution in [3.63, 3.8) is 0 Å². The van der Waals surface area contributed by atoms with Gasteiger partial charge in [0.25, 0.3) is 5.91 Å². The molecule has 3 heterocycles. The number of thiophene rings is 1. The van der Waals surface area contributed by atoms with Gasteiger partial charge < -0.3 is 10.2 Å². The molecule has 1 aliphatic heterocycles. The Labute approximate surface area is 180 Å². The third kappa shape index (κ3) is 4.93. The molecule has 0 spiro atoms. The smallest absolute Gasteiger partial charge is 0.263 e. The van der Waals surface area contributed by atoms with Crippen LogP contribution in [0.2, 0.25) is 0 Å². The van der Waals surface area contributed by atoms with E-state index in [0.717, 1.165) is 54.6 Å². The van der Waals surface area contributed by atoms with Gasteiger partial charge in [0.1, 0.15) is 9.88 Å². The molecule has 4 rings (SSSR count). The number of hydrogen-bond donors (Lipinski definition) is 1. The number of likely N-dealkylation sites (N-methyl/N-ethyl adjacent to an activating group) is 1. The Morgan fingerprint density at radius 3 is 2.62 bits per heavy atom. The lowest BCUT2D eigenvalue weighted by Gasteiger charge is -2.35. The first-order valence-electron chi connectivity index (χ1n) is 9.87. The molecule has 3 aromatic rings. The number of nitrogens with zero attached hydrogens (tertiary/aromatic N) is 3. The minimum Gasteiger partial charge on any atom is -0.343 e. The first-order chi connectivity index (χ1) is 14.1. The standard InChI is InChI=1S/C22H26N4OS2/c1-16-20(29-22(23-16)18-8-13-28-15-18)21(27)24-19(17-6-4-3-5-7-17)14-26-11-9-25(2)10-12-26/h3-8,13,15,19H,9-12,14H2,1-2H3,(H,24,27). The summed E-state index contributed by atoms with van der Waals surface area (Å²) >= 11 is 3.11. The molecule has 7 heteroatoms. The molecule has 0 saturated carbocycles. The number of carbonyl (C=O) groups is 1. The summed E-state index contributed by atoms with van der Waals surface area (Å²) in [5.74, 6) is -0.0375. The molecular weight excluding hydrogens is 400 g/mol. The van der Waals surface area contributed by atoms with Gasteiger partial charge in [-0.05, 0) is 31.0 Å². The van der Waals surface area contributed by atoms with Crippen LogP contribution in [0.5, 0.6) is 0 Å². The third-order valence-corrected chi connectivity index (χ3v) is 7.20. The van der Waals surface area contributed by atoms with Crippen molar-refractivity contribution in [3.8, 4) is 10.6 Å². The lowest BCUT2D eigenvalue weighted by atomic mass is 10.1. The van der Waals surface area contributed by atoms with Crippen molar-refractivity contribution in [2.45, 2.75) is 13.0 Å². The maximum Gasteiger partial charge on any atom is 0.263 e. The highest BCUT2D eigenvalue weighted by Gasteiger charge is 2.24. The van der Waals surface area contributed by atoms with Crippen molar-refractivity contribution in [3.05, 3.63) is 63.3 Å². The molecule has 0 radical (unpaired) electrons. The SMILES string of the molecule is Cc1nc(-c2ccsc2)sc1C(=O)NC(CN1CCN(C)CC1)c1ccccc1. The molecular formula is C22H26N4OS2. The zero-order valence-corrected chi connectivity index (χ0v) is 18.4. The number of piperazine rings is 1. The van der Waals surface area contributed by atoms with Crippen molar-refractivity contribution < 1.29 is 4.79 Å². The van der Waals surface area contributed by atoms with E-state index in [1.54, 1.807) is 11.3 Å². The van der Waals surface area contributed by atoms with E-state index in [4.69, 9.17) is 0 Å². The van der Waals surface area contributed by atoms with Crippen molar-refractivity contribution >= 4 is 28.6 Å². The molecule has 1 fully saturated rings. The quantitative estimate of drug-likeness (QED) is 0.650. The van der Waals surface area contributed by atoms with Crippen LogP contribution >= 0.6 is 22.7 Å². The second kappa shape index (κ2) is 9.17. The molecule has 152 valence electrons. The molecule has 1 unspecified atom stereocenters. The Balaban J connectivity index is 1.52. The van der Waals surface area contributed by atoms with Gasteiger partial charge in [-0.3, -0.25) is 9.69 Å². The number of carbonyl (C=O) groups excluding carboxylic acids is 1. The summed E-state index contributed by atoms with van der Waals surface area (Å²) in [7, 11) is 2.16. The molecule has 2 aromatic heterocycles. The molecule has 1 amide bonds. The van der Waals surface area contributed by atoms with E-state index in [1.165, 1.54) is 11.3 Å². The summed E-state index contributed by atoms with van der Waals surface area (Å²) in [6.45, 7) is 6.91. The number of amides is 1. The number of rotatable bonds is 6. The lowest BCUT2D eigenvalue weighted by Crippen LogP contribution is -2.47. The van der Waals surface area contributed by atoms with E-state index >= 15 is 0 Å². The van der Waals surface area contributed by atoms with Gasteiger partial charge in [-0.2, -0.15) is 11.3 Å². The predicted octanol–water partition coefficient (Wildman–Crippen LogP) is 3.90. The summed E-state index contributed by atoms with van der Waals surface area (Å²) in [6.07, 6.45) is 0. The van der Waals surface area contributed by atoms with Gasteiger partial charge in [-0.1, -0.05) is 30.3 Å². The van der Waals surface area contributed by atoms with Crippen LogP contribution in [0.1, 0.15) is 27.0 Å². The van der Waals surface area contributed by atoms with Crippen LogP contribution in [-0.4, -0.2) is 60.5 Å². The van der Waals surface area contributed by atoms with Gasteiger partial charge in [-0.25, -0.2) is 4.98 Å². The van der Waals surface area contributed by atoms with Crippen molar-refractivity contribution in [2.24, 2.45) is 0 Å². The van der Waals surface area contributed by atoms with E-state index < -0.39 is 0 Å². The summed E-state index contributed by atoms with van der Waals surface area (Å²) in [6, 6.07) is 12.3. The molecule has 1 aliphatic rings. The second-order valence-corrected chi connectivity index (χ2v) is 9.27. The fraction of sp³-hybridized carbons (Fsp3) is 0.364. The van der Waals surface area contributed by atoms with Gasteiger partial charge >= 0.3 is 0 Å². The largest absolute Gasteiger partial charge is 0.343 e. The summed E-state index contributed by atoms with van der Waals surface area (Å²) < 4.78 is 0. The van der Waals surface area contributed by atoms with E-state index in [0.29, 0.717) is 4.88 Å². The van der Waals surface area contributed by atoms with Gasteiger partial charge in [0.15, 0.2) is 0 Å². The zero-order chi connectivity index (χ0) is 20.2. The predicted molar refractivity (Wildman–Crippen MR) is 121 cm³/mol. The highest BCUT2D eigenvalue weighted by molar-refractivity contribution is 7.17. The van der Waals surface area contributed by atoms with Crippen LogP contribution in [0.15, 0.2) is 47.2 Å². The Morgan fingerprint density at radius 1 is 1.17 bits per heavy atom. The Bertz CT molecular complexity index is 931. The van der Waals surface area contributed by atoms with Gasteiger partial charge in [0, 0.05) is 43.7 Å². The number of aromatic nitrogens is 1. The van der Waals surface area contributed by atoms with Crippen LogP contribution in [0.4, 0.5) is 0 Å². The summed E-state index contributed by atoms with van der Waals surface area (Å²) in [5, 5.41) is 8.30. The molecule has 29 heavy (non-hydrogen) atoms. The first kappa shape index (κ1) is 20.2. The lowest BCUT2D eigenvalue weighted by molar-refractivity contribution is 0.0910. The molecule has 1 saturated heterocycles. The number of nitrogens with one attached hydrogen (secondary N) is 1. The number of hydrogen-bond acceptors (Lipinski definition) is 6. The van der Waals surface area contributed by atoms with E-state index in [2.05, 4.69) is 44.7 Å². The molecule has 1 aromatic carbocycles. The molecule has 1 N–H and O–H groups in total. The van der Waals surface area contributed by atoms with Crippen LogP contribution < -0.4 is 5.32 Å². The van der Waals surface area contributed by atoms with Crippen LogP contribution in [0.25, 0.3) is 10.6 Å². The minimum atomic E-state index is -0.0433. The van der Waals surface area contributed by atoms with E-state index in [9.17, 15) is 4.79 Å². The van der Waals surface area contributed by atoms with Gasteiger partial charge in [-0.15, -0.1) is 11.3 Å². The highest BCUT2D eigenvalue weighted by atomic mass is 32.1. The van der Waals surface area contributed by atoms with Crippen molar-refractivity contribution in [1.82, 2.24) is 20.1 Å². The average molecular weight is 427 g/mol. The van der Waals surface area contributed by atoms with Crippen molar-refractivity contribution in [2.75, 3.05) is 39.8 Å². The first-order valence-corrected chi connectivity index (χ1v) is 11.6. The third-order valence-electron chi connectivity index (χ3n) is 5.31. The fourth-order valence-electron chi connectivity index (χ4n) is 3.55. The number of benzene rings is 1. The molecule has 0 bridgehead atoms. The Kier molecular flexibility index (Phi) is 6.40. The normalized spacial score (nSPS) is 16.6. The zero-order valence-electron chi connectivity index (χ0n) is 16.8. The van der Waals surface area contributed by atoms with Crippen LogP contribution in [-0.2, 0) is 0 Å². The number of aryl methyl sites for hydroxylation is 1. The van der Waals surface area contributed by atoms with Gasteiger partial charge in [0.05, 0.1) is 11.7 Å². The van der Waals surface area contributed by atoms with E-state index in [-0.39, 0.29) is 11.9 Å². The topological polar surface area (TPSA) is 48.5 Å². The summed E-state index contributed by atoms with van der Waals surface area (Å²) in [4.78, 5) is 23.3. The monoisotopic (exact) mass is 426 g/mol. The van der Waals surface area contributed by atoms with Crippen LogP contribution in [0.3, 0.4) is 0 Å². The second-order valence-electron chi connectivity index (χ2n) is 7.49. The van der Waals surface area contributed by atoms with Crippen molar-refractivity contribution in [1.29, 1.82) is 0 Å². The Morgan fingerprint density at radius 2 is 1.93 bits per heavy atom. The maximum atomic E-state index is 13.2. The van der Waals surface area contributed by atoms with Crippen LogP contribution in [0, 0.1) is 6.92 Å². The highest BCUT2D eigenvalue weighted by Crippen LogP contribution is 2.30. The van der Waals surface area contributed by atoms with E-state index in [1.807, 2.05) is 36.6 Å². The number of thiazole rings is 1. The summed E-state index contributed by atoms with van der Waals surface area (Å²) in [5.41, 5.74) is 3.01. The average Bonchev–Trinajstić information content (AvgIpc) is 3.39. The molecule has 1 atom stereocenters. The fourth-order valence-corrected chi connectivity index (χ4v) is 5.23. The maximum absolute atomic E-state index is 13.2.